The van der Waals surface area contributed by atoms with Gasteiger partial charge in [-0.3, -0.25) is 4.72 Å². The van der Waals surface area contributed by atoms with Gasteiger partial charge in [-0.1, -0.05) is 12.1 Å². The van der Waals surface area contributed by atoms with Crippen LogP contribution in [0.3, 0.4) is 0 Å². The molecule has 1 N–H and O–H groups in total. The Morgan fingerprint density at radius 1 is 1.31 bits per heavy atom. The van der Waals surface area contributed by atoms with Gasteiger partial charge in [-0.25, -0.2) is 13.2 Å². The molecule has 0 amide bonds. The Kier molecular flexibility index (Phi) is 5.30. The number of aryl methyl sites for hydroxylation is 1. The second kappa shape index (κ2) is 7.48. The Balaban J connectivity index is 1.93. The monoisotopic (exact) mass is 410 g/mol. The molecule has 0 aliphatic carbocycles. The Hall–Kier alpha value is -2.37. The topological polar surface area (TPSA) is 103 Å². The number of aromatic nitrogens is 3. The summed E-state index contributed by atoms with van der Waals surface area (Å²) in [6.45, 7) is 0. The molecular weight excluding hydrogens is 396 g/mol. The lowest BCUT2D eigenvalue weighted by atomic mass is 10.3. The summed E-state index contributed by atoms with van der Waals surface area (Å²) in [6.07, 6.45) is 1.56. The van der Waals surface area contributed by atoms with E-state index in [0.29, 0.717) is 15.7 Å². The lowest BCUT2D eigenvalue weighted by Crippen LogP contribution is -2.16. The number of esters is 1. The molecule has 0 atom stereocenters. The van der Waals surface area contributed by atoms with Gasteiger partial charge in [-0.15, -0.1) is 21.5 Å². The maximum absolute atomic E-state index is 12.8. The summed E-state index contributed by atoms with van der Waals surface area (Å²) < 4.78 is 34.4. The van der Waals surface area contributed by atoms with E-state index in [1.807, 2.05) is 0 Å². The second-order valence-electron chi connectivity index (χ2n) is 5.03. The van der Waals surface area contributed by atoms with Gasteiger partial charge in [0.1, 0.15) is 16.1 Å². The van der Waals surface area contributed by atoms with Crippen LogP contribution in [0.1, 0.15) is 9.67 Å². The van der Waals surface area contributed by atoms with E-state index in [2.05, 4.69) is 19.7 Å². The fraction of sp³-hybridized carbons (Fsp3) is 0.133. The second-order valence-corrected chi connectivity index (χ2v) is 8.61. The minimum atomic E-state index is -3.96. The molecule has 2 heterocycles. The molecule has 0 saturated carbocycles. The van der Waals surface area contributed by atoms with Gasteiger partial charge >= 0.3 is 5.97 Å². The molecule has 0 bridgehead atoms. The van der Waals surface area contributed by atoms with Gasteiger partial charge in [0.2, 0.25) is 0 Å². The molecular formula is C15H14N4O4S3. The van der Waals surface area contributed by atoms with Gasteiger partial charge in [-0.05, 0) is 35.3 Å². The summed E-state index contributed by atoms with van der Waals surface area (Å²) >= 11 is 2.28. The zero-order valence-electron chi connectivity index (χ0n) is 13.7. The van der Waals surface area contributed by atoms with Crippen molar-refractivity contribution >= 4 is 44.8 Å². The van der Waals surface area contributed by atoms with Gasteiger partial charge in [0.15, 0.2) is 5.16 Å². The molecule has 11 heteroatoms. The molecule has 0 fully saturated rings. The summed E-state index contributed by atoms with van der Waals surface area (Å²) in [6, 6.07) is 8.29. The molecule has 136 valence electrons. The van der Waals surface area contributed by atoms with E-state index in [1.165, 1.54) is 30.3 Å². The van der Waals surface area contributed by atoms with Crippen LogP contribution in [-0.2, 0) is 21.8 Å². The van der Waals surface area contributed by atoms with Gasteiger partial charge in [0.25, 0.3) is 10.0 Å². The normalized spacial score (nSPS) is 11.3. The molecule has 0 spiro atoms. The highest BCUT2D eigenvalue weighted by Crippen LogP contribution is 2.34. The van der Waals surface area contributed by atoms with Crippen LogP contribution in [0.5, 0.6) is 0 Å². The Morgan fingerprint density at radius 3 is 2.77 bits per heavy atom. The SMILES string of the molecule is COC(=O)c1sccc1S(=O)(=O)Nc1ccccc1Sc1nncn1C. The molecule has 26 heavy (non-hydrogen) atoms. The van der Waals surface area contributed by atoms with Crippen LogP contribution in [0.4, 0.5) is 5.69 Å². The number of para-hydroxylation sites is 1. The van der Waals surface area contributed by atoms with Crippen molar-refractivity contribution in [3.63, 3.8) is 0 Å². The Labute approximate surface area is 158 Å². The number of rotatable bonds is 6. The van der Waals surface area contributed by atoms with E-state index >= 15 is 0 Å². The number of ether oxygens (including phenoxy) is 1. The van der Waals surface area contributed by atoms with E-state index < -0.39 is 16.0 Å². The average Bonchev–Trinajstić information content (AvgIpc) is 3.26. The molecule has 0 unspecified atom stereocenters. The van der Waals surface area contributed by atoms with Crippen molar-refractivity contribution < 1.29 is 17.9 Å². The lowest BCUT2D eigenvalue weighted by Gasteiger charge is -2.12. The zero-order valence-corrected chi connectivity index (χ0v) is 16.2. The zero-order chi connectivity index (χ0) is 18.7. The molecule has 2 aromatic heterocycles. The first-order chi connectivity index (χ1) is 12.4. The minimum absolute atomic E-state index is 0.0263. The number of methoxy groups -OCH3 is 1. The number of hydrogen-bond acceptors (Lipinski definition) is 8. The summed E-state index contributed by atoms with van der Waals surface area (Å²) in [5.74, 6) is -0.692. The predicted octanol–water partition coefficient (Wildman–Crippen LogP) is 2.62. The van der Waals surface area contributed by atoms with E-state index in [1.54, 1.807) is 42.2 Å². The van der Waals surface area contributed by atoms with Gasteiger partial charge < -0.3 is 9.30 Å². The van der Waals surface area contributed by atoms with Crippen LogP contribution < -0.4 is 4.72 Å². The Bertz CT molecular complexity index is 1040. The first kappa shape index (κ1) is 18.4. The molecule has 8 nitrogen and oxygen atoms in total. The molecule has 0 saturated heterocycles. The molecule has 3 rings (SSSR count). The maximum Gasteiger partial charge on any atom is 0.349 e. The van der Waals surface area contributed by atoms with Crippen molar-refractivity contribution in [2.45, 2.75) is 14.9 Å². The number of nitrogens with one attached hydrogen (secondary N) is 1. The number of sulfonamides is 1. The third-order valence-electron chi connectivity index (χ3n) is 3.29. The van der Waals surface area contributed by atoms with E-state index in [0.717, 1.165) is 11.3 Å². The van der Waals surface area contributed by atoms with Crippen molar-refractivity contribution in [2.75, 3.05) is 11.8 Å². The third kappa shape index (κ3) is 3.74. The first-order valence-corrected chi connectivity index (χ1v) is 10.4. The van der Waals surface area contributed by atoms with Gasteiger partial charge in [0, 0.05) is 11.9 Å². The fourth-order valence-electron chi connectivity index (χ4n) is 2.05. The van der Waals surface area contributed by atoms with Crippen LogP contribution in [0.25, 0.3) is 0 Å². The maximum atomic E-state index is 12.8. The number of nitrogens with zero attached hydrogens (tertiary/aromatic N) is 3. The highest BCUT2D eigenvalue weighted by atomic mass is 32.2. The summed E-state index contributed by atoms with van der Waals surface area (Å²) in [4.78, 5) is 12.3. The highest BCUT2D eigenvalue weighted by Gasteiger charge is 2.25. The van der Waals surface area contributed by atoms with Crippen LogP contribution in [0, 0.1) is 0 Å². The largest absolute Gasteiger partial charge is 0.465 e. The molecule has 3 aromatic rings. The van der Waals surface area contributed by atoms with E-state index in [4.69, 9.17) is 0 Å². The van der Waals surface area contributed by atoms with Crippen molar-refractivity contribution in [3.05, 3.63) is 46.9 Å². The quantitative estimate of drug-likeness (QED) is 0.623. The number of thiophene rings is 1. The standard InChI is InChI=1S/C15H14N4O4S3/c1-19-9-16-17-15(19)25-11-6-4-3-5-10(11)18-26(21,22)12-7-8-24-13(12)14(20)23-2/h3-9,18H,1-2H3. The number of hydrogen-bond donors (Lipinski definition) is 1. The first-order valence-electron chi connectivity index (χ1n) is 7.22. The minimum Gasteiger partial charge on any atom is -0.465 e. The Morgan fingerprint density at radius 2 is 2.08 bits per heavy atom. The molecule has 0 aliphatic heterocycles. The van der Waals surface area contributed by atoms with Crippen LogP contribution in [-0.4, -0.2) is 36.3 Å². The van der Waals surface area contributed by atoms with Crippen molar-refractivity contribution in [2.24, 2.45) is 7.05 Å². The molecule has 0 aliphatic rings. The number of carbonyl (C=O) groups is 1. The number of anilines is 1. The summed E-state index contributed by atoms with van der Waals surface area (Å²) in [7, 11) is -0.962. The number of benzene rings is 1. The molecule has 0 radical (unpaired) electrons. The third-order valence-corrected chi connectivity index (χ3v) is 6.85. The van der Waals surface area contributed by atoms with Gasteiger partial charge in [0.05, 0.1) is 12.8 Å². The van der Waals surface area contributed by atoms with Crippen molar-refractivity contribution in [3.8, 4) is 0 Å². The fourth-order valence-corrected chi connectivity index (χ4v) is 5.39. The van der Waals surface area contributed by atoms with Gasteiger partial charge in [-0.2, -0.15) is 0 Å². The molecule has 1 aromatic carbocycles. The van der Waals surface area contributed by atoms with Crippen LogP contribution in [0.2, 0.25) is 0 Å². The summed E-state index contributed by atoms with van der Waals surface area (Å²) in [5.41, 5.74) is 0.377. The van der Waals surface area contributed by atoms with Crippen LogP contribution in [0.15, 0.2) is 57.0 Å². The van der Waals surface area contributed by atoms with Crippen LogP contribution >= 0.6 is 23.1 Å². The number of carbonyl (C=O) groups excluding carboxylic acids is 1. The highest BCUT2D eigenvalue weighted by molar-refractivity contribution is 7.99. The summed E-state index contributed by atoms with van der Waals surface area (Å²) in [5, 5.41) is 9.93. The lowest BCUT2D eigenvalue weighted by molar-refractivity contribution is 0.0602. The predicted molar refractivity (Wildman–Crippen MR) is 98.0 cm³/mol. The van der Waals surface area contributed by atoms with E-state index in [-0.39, 0.29) is 9.77 Å². The average molecular weight is 411 g/mol. The van der Waals surface area contributed by atoms with E-state index in [9.17, 15) is 13.2 Å². The smallest absolute Gasteiger partial charge is 0.349 e. The van der Waals surface area contributed by atoms with Crippen molar-refractivity contribution in [1.29, 1.82) is 0 Å². The van der Waals surface area contributed by atoms with Crippen molar-refractivity contribution in [1.82, 2.24) is 14.8 Å².